The predicted octanol–water partition coefficient (Wildman–Crippen LogP) is 7.32. The molecule has 4 N–H and O–H groups in total. The van der Waals surface area contributed by atoms with Gasteiger partial charge in [-0.05, 0) is 118 Å². The number of H-pyrrole nitrogens is 1. The fraction of sp³-hybridized carbons (Fsp3) is 0.269. The molecule has 4 aromatic carbocycles. The quantitative estimate of drug-likeness (QED) is 0.132. The van der Waals surface area contributed by atoms with Gasteiger partial charge in [0, 0.05) is 125 Å². The van der Waals surface area contributed by atoms with Gasteiger partial charge in [0.2, 0.25) is 23.8 Å². The molecule has 0 unspecified atom stereocenters. The van der Waals surface area contributed by atoms with Gasteiger partial charge in [0.25, 0.3) is 0 Å². The maximum Gasteiger partial charge on any atom is 0.225 e. The number of benzene rings is 4. The first-order chi connectivity index (χ1) is 33.6. The highest BCUT2D eigenvalue weighted by atomic mass is 16.5. The molecule has 2 fully saturated rings. The van der Waals surface area contributed by atoms with Crippen LogP contribution < -0.4 is 30.7 Å². The van der Waals surface area contributed by atoms with Crippen LogP contribution in [0.5, 0.6) is 0 Å². The van der Waals surface area contributed by atoms with Gasteiger partial charge in [-0.2, -0.15) is 0 Å². The van der Waals surface area contributed by atoms with E-state index in [1.54, 1.807) is 18.6 Å². The summed E-state index contributed by atoms with van der Waals surface area (Å²) in [7, 11) is 0. The van der Waals surface area contributed by atoms with Crippen LogP contribution in [-0.4, -0.2) is 105 Å². The van der Waals surface area contributed by atoms with E-state index in [0.717, 1.165) is 121 Å². The SMILES string of the molecule is Nc1nccn1-c1ccc(-c2cc3c(c(N4CCOCC4)c2)CCN(c2ncccn2)C3)cc1.c1cnc(N2CCc3c(cc(-c4ccc(Nc5ncc[nH]5)cc4)cc3N3CCOCC3)C2)nc1. The Balaban J connectivity index is 0.000000149. The second-order valence-corrected chi connectivity index (χ2v) is 17.2. The average Bonchev–Trinajstić information content (AvgIpc) is 4.10. The third-order valence-corrected chi connectivity index (χ3v) is 13.1. The first-order valence-electron chi connectivity index (χ1n) is 23.4. The molecular weight excluding hydrogens is 853 g/mol. The molecule has 68 heavy (non-hydrogen) atoms. The molecule has 4 aromatic heterocycles. The Bertz CT molecular complexity index is 2920. The van der Waals surface area contributed by atoms with E-state index >= 15 is 0 Å². The maximum absolute atomic E-state index is 5.98. The van der Waals surface area contributed by atoms with Crippen molar-refractivity contribution < 1.29 is 9.47 Å². The van der Waals surface area contributed by atoms with Crippen molar-refractivity contribution in [2.24, 2.45) is 0 Å². The summed E-state index contributed by atoms with van der Waals surface area (Å²) in [5.41, 5.74) is 21.0. The molecule has 0 radical (unpaired) electrons. The summed E-state index contributed by atoms with van der Waals surface area (Å²) in [5.74, 6) is 2.80. The number of imidazole rings is 2. The van der Waals surface area contributed by atoms with Crippen molar-refractivity contribution in [2.75, 3.05) is 96.3 Å². The molecule has 344 valence electrons. The molecule has 16 nitrogen and oxygen atoms in total. The summed E-state index contributed by atoms with van der Waals surface area (Å²) in [6.07, 6.45) is 16.3. The number of hydrogen-bond acceptors (Lipinski definition) is 14. The number of aromatic nitrogens is 8. The summed E-state index contributed by atoms with van der Waals surface area (Å²) in [6.45, 7) is 10.2. The number of rotatable bonds is 9. The van der Waals surface area contributed by atoms with Crippen LogP contribution in [0.15, 0.2) is 135 Å². The van der Waals surface area contributed by atoms with Crippen LogP contribution in [0.2, 0.25) is 0 Å². The summed E-state index contributed by atoms with van der Waals surface area (Å²) in [6, 6.07) is 30.1. The number of morpholine rings is 2. The second-order valence-electron chi connectivity index (χ2n) is 17.2. The fourth-order valence-corrected chi connectivity index (χ4v) is 9.67. The molecule has 12 rings (SSSR count). The van der Waals surface area contributed by atoms with Crippen LogP contribution >= 0.6 is 0 Å². The first kappa shape index (κ1) is 42.8. The number of anilines is 7. The van der Waals surface area contributed by atoms with Gasteiger partial charge >= 0.3 is 0 Å². The highest BCUT2D eigenvalue weighted by Gasteiger charge is 2.27. The summed E-state index contributed by atoms with van der Waals surface area (Å²) in [4.78, 5) is 38.8. The molecule has 8 heterocycles. The van der Waals surface area contributed by atoms with Crippen LogP contribution in [0.3, 0.4) is 0 Å². The first-order valence-corrected chi connectivity index (χ1v) is 23.4. The average molecular weight is 907 g/mol. The lowest BCUT2D eigenvalue weighted by atomic mass is 9.92. The predicted molar refractivity (Wildman–Crippen MR) is 267 cm³/mol. The zero-order chi connectivity index (χ0) is 45.7. The zero-order valence-corrected chi connectivity index (χ0v) is 37.9. The Hall–Kier alpha value is -7.82. The van der Waals surface area contributed by atoms with Crippen molar-refractivity contribution in [2.45, 2.75) is 25.9 Å². The third kappa shape index (κ3) is 9.28. The molecule has 4 aliphatic rings. The van der Waals surface area contributed by atoms with Crippen LogP contribution in [0.4, 0.5) is 40.9 Å². The van der Waals surface area contributed by atoms with Gasteiger partial charge in [-0.1, -0.05) is 24.3 Å². The minimum Gasteiger partial charge on any atom is -0.378 e. The molecule has 0 bridgehead atoms. The molecule has 0 aliphatic carbocycles. The molecule has 16 heteroatoms. The maximum atomic E-state index is 5.98. The van der Waals surface area contributed by atoms with E-state index < -0.39 is 0 Å². The number of nitrogen functional groups attached to an aromatic ring is 1. The van der Waals surface area contributed by atoms with E-state index in [4.69, 9.17) is 15.2 Å². The minimum absolute atomic E-state index is 0.486. The third-order valence-electron chi connectivity index (χ3n) is 13.1. The fourth-order valence-electron chi connectivity index (χ4n) is 9.67. The lowest BCUT2D eigenvalue weighted by Gasteiger charge is -2.36. The molecule has 8 aromatic rings. The van der Waals surface area contributed by atoms with Crippen LogP contribution in [0, 0.1) is 0 Å². The van der Waals surface area contributed by atoms with Gasteiger partial charge < -0.3 is 45.1 Å². The van der Waals surface area contributed by atoms with Gasteiger partial charge in [0.05, 0.1) is 26.4 Å². The van der Waals surface area contributed by atoms with Crippen LogP contribution in [-0.2, 0) is 35.4 Å². The Morgan fingerprint density at radius 1 is 0.515 bits per heavy atom. The lowest BCUT2D eigenvalue weighted by Crippen LogP contribution is -2.38. The Morgan fingerprint density at radius 2 is 1.03 bits per heavy atom. The zero-order valence-electron chi connectivity index (χ0n) is 37.9. The van der Waals surface area contributed by atoms with Gasteiger partial charge in [0.1, 0.15) is 0 Å². The molecule has 4 aliphatic heterocycles. The Morgan fingerprint density at radius 3 is 1.50 bits per heavy atom. The highest BCUT2D eigenvalue weighted by Crippen LogP contribution is 2.38. The van der Waals surface area contributed by atoms with Gasteiger partial charge in [-0.15, -0.1) is 0 Å². The largest absolute Gasteiger partial charge is 0.378 e. The standard InChI is InChI=1S/2C26H27N7O/c1-7-29-26(30-8-1)33-11-6-23-21(18-33)16-20(17-24(23)32-12-14-34-15-13-32)19-2-4-22(5-3-19)31-25-27-9-10-28-25;27-25-28-9-11-33(25)22-4-2-19(3-5-22)20-16-21-18-32(26-29-7-1-8-30-26)10-6-23(21)24(17-20)31-12-14-34-15-13-31/h1-5,7-10,16-17H,6,11-15,18H2,(H2,27,28,31);1-5,7-9,11,16-17H,6,10,12-15,18H2,(H2,27,28). The second kappa shape index (κ2) is 19.6. The number of nitrogens with one attached hydrogen (secondary N) is 2. The number of nitrogens with two attached hydrogens (primary N) is 1. The van der Waals surface area contributed by atoms with E-state index in [1.165, 1.54) is 55.9 Å². The van der Waals surface area contributed by atoms with Crippen LogP contribution in [0.1, 0.15) is 22.3 Å². The van der Waals surface area contributed by atoms with Crippen molar-refractivity contribution >= 4 is 40.9 Å². The van der Waals surface area contributed by atoms with Crippen LogP contribution in [0.25, 0.3) is 27.9 Å². The van der Waals surface area contributed by atoms with Crippen molar-refractivity contribution in [1.29, 1.82) is 0 Å². The number of fused-ring (bicyclic) bond motifs is 2. The molecule has 0 amide bonds. The molecule has 0 saturated carbocycles. The minimum atomic E-state index is 0.486. The number of aromatic amines is 1. The van der Waals surface area contributed by atoms with Gasteiger partial charge in [-0.3, -0.25) is 4.57 Å². The number of nitrogens with zero attached hydrogens (tertiary/aromatic N) is 11. The lowest BCUT2D eigenvalue weighted by molar-refractivity contribution is 0.122. The summed E-state index contributed by atoms with van der Waals surface area (Å²) < 4.78 is 13.1. The monoisotopic (exact) mass is 906 g/mol. The topological polar surface area (TPSA) is 168 Å². The summed E-state index contributed by atoms with van der Waals surface area (Å²) in [5, 5.41) is 3.29. The van der Waals surface area contributed by atoms with Crippen molar-refractivity contribution in [3.05, 3.63) is 157 Å². The summed E-state index contributed by atoms with van der Waals surface area (Å²) >= 11 is 0. The van der Waals surface area contributed by atoms with Gasteiger partial charge in [0.15, 0.2) is 0 Å². The van der Waals surface area contributed by atoms with E-state index in [9.17, 15) is 0 Å². The van der Waals surface area contributed by atoms with E-state index in [2.05, 4.69) is 133 Å². The molecular formula is C52H54N14O2. The normalized spacial score (nSPS) is 15.8. The molecule has 0 spiro atoms. The van der Waals surface area contributed by atoms with E-state index in [0.29, 0.717) is 5.95 Å². The van der Waals surface area contributed by atoms with E-state index in [1.807, 2.05) is 47.7 Å². The molecule has 2 saturated heterocycles. The Labute approximate surface area is 395 Å². The molecule has 0 atom stereocenters. The number of ether oxygens (including phenoxy) is 2. The number of hydrogen-bond donors (Lipinski definition) is 3. The van der Waals surface area contributed by atoms with Crippen molar-refractivity contribution in [1.82, 2.24) is 39.5 Å². The van der Waals surface area contributed by atoms with E-state index in [-0.39, 0.29) is 0 Å². The Kier molecular flexibility index (Phi) is 12.3. The highest BCUT2D eigenvalue weighted by molar-refractivity contribution is 5.76. The van der Waals surface area contributed by atoms with Crippen molar-refractivity contribution in [3.8, 4) is 27.9 Å². The van der Waals surface area contributed by atoms with Crippen molar-refractivity contribution in [3.63, 3.8) is 0 Å². The smallest absolute Gasteiger partial charge is 0.225 e. The van der Waals surface area contributed by atoms with Gasteiger partial charge in [-0.25, -0.2) is 29.9 Å².